The normalized spacial score (nSPS) is 10.4. The maximum Gasteiger partial charge on any atom is 0.165 e. The fourth-order valence-corrected chi connectivity index (χ4v) is 1.94. The predicted molar refractivity (Wildman–Crippen MR) is 80.3 cm³/mol. The van der Waals surface area contributed by atoms with Gasteiger partial charge in [-0.25, -0.2) is 0 Å². The number of ether oxygens (including phenoxy) is 2. The number of hydrogen-bond donors (Lipinski definition) is 1. The maximum absolute atomic E-state index is 8.54. The average molecular weight is 297 g/mol. The summed E-state index contributed by atoms with van der Waals surface area (Å²) in [7, 11) is 1.59. The van der Waals surface area contributed by atoms with E-state index in [1.54, 1.807) is 13.2 Å². The molecule has 1 aromatic carbocycles. The van der Waals surface area contributed by atoms with Crippen molar-refractivity contribution in [2.75, 3.05) is 13.7 Å². The first-order valence-corrected chi connectivity index (χ1v) is 7.05. The number of rotatable bonds is 8. The van der Waals surface area contributed by atoms with Gasteiger partial charge in [0, 0.05) is 35.7 Å². The monoisotopic (exact) mass is 296 g/mol. The van der Waals surface area contributed by atoms with E-state index in [1.165, 1.54) is 0 Å². The third-order valence-electron chi connectivity index (χ3n) is 2.70. The van der Waals surface area contributed by atoms with Crippen molar-refractivity contribution in [2.45, 2.75) is 39.3 Å². The van der Waals surface area contributed by atoms with E-state index >= 15 is 0 Å². The number of nitriles is 1. The molecule has 0 saturated heterocycles. The van der Waals surface area contributed by atoms with Gasteiger partial charge in [-0.3, -0.25) is 0 Å². The summed E-state index contributed by atoms with van der Waals surface area (Å²) in [6.07, 6.45) is 1.18. The molecule has 20 heavy (non-hydrogen) atoms. The van der Waals surface area contributed by atoms with Crippen LogP contribution in [-0.2, 0) is 6.54 Å². The Hall–Kier alpha value is -1.44. The lowest BCUT2D eigenvalue weighted by molar-refractivity contribution is 0.286. The van der Waals surface area contributed by atoms with Crippen LogP contribution in [-0.4, -0.2) is 19.8 Å². The number of nitrogens with one attached hydrogen (secondary N) is 1. The third kappa shape index (κ3) is 5.28. The van der Waals surface area contributed by atoms with Gasteiger partial charge >= 0.3 is 0 Å². The first-order chi connectivity index (χ1) is 9.58. The summed E-state index contributed by atoms with van der Waals surface area (Å²) in [5, 5.41) is 12.5. The molecule has 0 heterocycles. The molecule has 4 nitrogen and oxygen atoms in total. The summed E-state index contributed by atoms with van der Waals surface area (Å²) in [5.41, 5.74) is 0.958. The highest BCUT2D eigenvalue weighted by Gasteiger charge is 2.13. The number of nitrogens with zero attached hydrogens (tertiary/aromatic N) is 1. The van der Waals surface area contributed by atoms with E-state index in [0.29, 0.717) is 48.6 Å². The Morgan fingerprint density at radius 3 is 2.75 bits per heavy atom. The van der Waals surface area contributed by atoms with Crippen molar-refractivity contribution < 1.29 is 9.47 Å². The van der Waals surface area contributed by atoms with Crippen LogP contribution in [0.5, 0.6) is 11.5 Å². The summed E-state index contributed by atoms with van der Waals surface area (Å²) in [6, 6.07) is 6.08. The number of methoxy groups -OCH3 is 1. The highest BCUT2D eigenvalue weighted by molar-refractivity contribution is 6.30. The Balaban J connectivity index is 2.88. The maximum atomic E-state index is 8.54. The molecule has 0 atom stereocenters. The minimum Gasteiger partial charge on any atom is -0.493 e. The minimum absolute atomic E-state index is 0.367. The Morgan fingerprint density at radius 1 is 1.40 bits per heavy atom. The standard InChI is InChI=1S/C15H21ClN2O2/c1-11(2)18-10-12-8-13(16)9-14(19-3)15(12)20-7-5-4-6-17/h8-9,11,18H,4-5,7,10H2,1-3H3. The zero-order valence-electron chi connectivity index (χ0n) is 12.2. The molecular formula is C15H21ClN2O2. The first-order valence-electron chi connectivity index (χ1n) is 6.68. The number of unbranched alkanes of at least 4 members (excludes halogenated alkanes) is 1. The van der Waals surface area contributed by atoms with Crippen molar-refractivity contribution in [2.24, 2.45) is 0 Å². The molecule has 0 amide bonds. The van der Waals surface area contributed by atoms with Crippen LogP contribution in [0.4, 0.5) is 0 Å². The summed E-state index contributed by atoms with van der Waals surface area (Å²) in [4.78, 5) is 0. The second kappa shape index (κ2) is 8.68. The second-order valence-electron chi connectivity index (χ2n) is 4.74. The second-order valence-corrected chi connectivity index (χ2v) is 5.18. The molecule has 1 rings (SSSR count). The van der Waals surface area contributed by atoms with Crippen LogP contribution >= 0.6 is 11.6 Å². The number of hydrogen-bond acceptors (Lipinski definition) is 4. The lowest BCUT2D eigenvalue weighted by Crippen LogP contribution is -2.22. The van der Waals surface area contributed by atoms with Crippen molar-refractivity contribution in [3.63, 3.8) is 0 Å². The molecule has 110 valence electrons. The Kier molecular flexibility index (Phi) is 7.21. The predicted octanol–water partition coefficient (Wildman–Crippen LogP) is 3.53. The van der Waals surface area contributed by atoms with Crippen molar-refractivity contribution >= 4 is 11.6 Å². The van der Waals surface area contributed by atoms with Gasteiger partial charge in [0.1, 0.15) is 0 Å². The average Bonchev–Trinajstić information content (AvgIpc) is 2.42. The van der Waals surface area contributed by atoms with Crippen molar-refractivity contribution in [3.8, 4) is 17.6 Å². The van der Waals surface area contributed by atoms with E-state index in [0.717, 1.165) is 5.56 Å². The van der Waals surface area contributed by atoms with Gasteiger partial charge in [-0.2, -0.15) is 5.26 Å². The summed E-state index contributed by atoms with van der Waals surface area (Å²) < 4.78 is 11.1. The van der Waals surface area contributed by atoms with Crippen LogP contribution in [0.15, 0.2) is 12.1 Å². The smallest absolute Gasteiger partial charge is 0.165 e. The minimum atomic E-state index is 0.367. The molecule has 0 bridgehead atoms. The fraction of sp³-hybridized carbons (Fsp3) is 0.533. The molecule has 0 unspecified atom stereocenters. The molecule has 0 aliphatic rings. The zero-order chi connectivity index (χ0) is 15.0. The number of halogens is 1. The van der Waals surface area contributed by atoms with E-state index < -0.39 is 0 Å². The molecule has 0 fully saturated rings. The van der Waals surface area contributed by atoms with E-state index in [2.05, 4.69) is 25.2 Å². The van der Waals surface area contributed by atoms with Crippen molar-refractivity contribution in [1.82, 2.24) is 5.32 Å². The Labute approximate surface area is 125 Å². The molecule has 0 aliphatic carbocycles. The fourth-order valence-electron chi connectivity index (χ4n) is 1.71. The van der Waals surface area contributed by atoms with E-state index in [9.17, 15) is 0 Å². The zero-order valence-corrected chi connectivity index (χ0v) is 13.0. The van der Waals surface area contributed by atoms with E-state index in [1.807, 2.05) is 6.07 Å². The van der Waals surface area contributed by atoms with Crippen LogP contribution in [0.2, 0.25) is 5.02 Å². The molecule has 0 radical (unpaired) electrons. The van der Waals surface area contributed by atoms with Gasteiger partial charge < -0.3 is 14.8 Å². The first kappa shape index (κ1) is 16.6. The Bertz CT molecular complexity index is 470. The summed E-state index contributed by atoms with van der Waals surface area (Å²) in [6.45, 7) is 5.30. The van der Waals surface area contributed by atoms with Gasteiger partial charge in [0.05, 0.1) is 19.8 Å². The largest absolute Gasteiger partial charge is 0.493 e. The molecule has 0 aromatic heterocycles. The van der Waals surface area contributed by atoms with E-state index in [4.69, 9.17) is 26.3 Å². The van der Waals surface area contributed by atoms with E-state index in [-0.39, 0.29) is 0 Å². The summed E-state index contributed by atoms with van der Waals surface area (Å²) >= 11 is 6.09. The lowest BCUT2D eigenvalue weighted by Gasteiger charge is -2.17. The summed E-state index contributed by atoms with van der Waals surface area (Å²) in [5.74, 6) is 1.32. The molecule has 0 spiro atoms. The third-order valence-corrected chi connectivity index (χ3v) is 2.91. The van der Waals surface area contributed by atoms with Gasteiger partial charge in [-0.1, -0.05) is 25.4 Å². The highest BCUT2D eigenvalue weighted by atomic mass is 35.5. The molecule has 0 saturated carbocycles. The van der Waals surface area contributed by atoms with Gasteiger partial charge in [0.2, 0.25) is 0 Å². The molecule has 1 aromatic rings. The molecule has 1 N–H and O–H groups in total. The molecule has 5 heteroatoms. The quantitative estimate of drug-likeness (QED) is 0.746. The Morgan fingerprint density at radius 2 is 2.15 bits per heavy atom. The SMILES string of the molecule is COc1cc(Cl)cc(CNC(C)C)c1OCCCC#N. The van der Waals surface area contributed by atoms with Crippen molar-refractivity contribution in [1.29, 1.82) is 5.26 Å². The van der Waals surface area contributed by atoms with Crippen LogP contribution in [0.1, 0.15) is 32.3 Å². The number of benzene rings is 1. The molecule has 0 aliphatic heterocycles. The van der Waals surface area contributed by atoms with Crippen LogP contribution in [0.3, 0.4) is 0 Å². The van der Waals surface area contributed by atoms with Gasteiger partial charge in [-0.05, 0) is 12.5 Å². The van der Waals surface area contributed by atoms with Crippen LogP contribution in [0.25, 0.3) is 0 Å². The van der Waals surface area contributed by atoms with Gasteiger partial charge in [-0.15, -0.1) is 0 Å². The van der Waals surface area contributed by atoms with Crippen LogP contribution < -0.4 is 14.8 Å². The van der Waals surface area contributed by atoms with Crippen LogP contribution in [0, 0.1) is 11.3 Å². The van der Waals surface area contributed by atoms with Gasteiger partial charge in [0.15, 0.2) is 11.5 Å². The van der Waals surface area contributed by atoms with Gasteiger partial charge in [0.25, 0.3) is 0 Å². The van der Waals surface area contributed by atoms with Crippen molar-refractivity contribution in [3.05, 3.63) is 22.7 Å². The highest BCUT2D eigenvalue weighted by Crippen LogP contribution is 2.35. The molecular weight excluding hydrogens is 276 g/mol. The lowest BCUT2D eigenvalue weighted by atomic mass is 10.1. The topological polar surface area (TPSA) is 54.3 Å².